The van der Waals surface area contributed by atoms with Gasteiger partial charge in [0.1, 0.15) is 5.60 Å². The van der Waals surface area contributed by atoms with Crippen molar-refractivity contribution in [2.45, 2.75) is 39.2 Å². The van der Waals surface area contributed by atoms with Crippen molar-refractivity contribution in [2.75, 3.05) is 45.8 Å². The number of hydrogen-bond donors (Lipinski definition) is 1. The molecule has 0 spiro atoms. The highest BCUT2D eigenvalue weighted by Gasteiger charge is 2.19. The summed E-state index contributed by atoms with van der Waals surface area (Å²) in [4.78, 5) is 16.4. The maximum atomic E-state index is 11.6. The summed E-state index contributed by atoms with van der Waals surface area (Å²) in [6.07, 6.45) is 1.55. The van der Waals surface area contributed by atoms with E-state index in [0.717, 1.165) is 52.2 Å². The first-order chi connectivity index (χ1) is 8.90. The highest BCUT2D eigenvalue weighted by Crippen LogP contribution is 2.09. The van der Waals surface area contributed by atoms with Crippen molar-refractivity contribution in [2.24, 2.45) is 5.73 Å². The van der Waals surface area contributed by atoms with Gasteiger partial charge >= 0.3 is 5.97 Å². The first-order valence-corrected chi connectivity index (χ1v) is 7.27. The van der Waals surface area contributed by atoms with Crippen LogP contribution in [0.15, 0.2) is 0 Å². The molecule has 0 bridgehead atoms. The minimum absolute atomic E-state index is 0.0990. The van der Waals surface area contributed by atoms with E-state index in [0.29, 0.717) is 6.42 Å². The lowest BCUT2D eigenvalue weighted by atomic mass is 10.2. The number of nitrogens with two attached hydrogens (primary N) is 1. The maximum Gasteiger partial charge on any atom is 0.307 e. The smallest absolute Gasteiger partial charge is 0.307 e. The molecule has 1 fully saturated rings. The number of carbonyl (C=O) groups excluding carboxylic acids is 1. The molecule has 1 rings (SSSR count). The first kappa shape index (κ1) is 16.4. The maximum absolute atomic E-state index is 11.6. The third-order valence-corrected chi connectivity index (χ3v) is 3.20. The van der Waals surface area contributed by atoms with Crippen molar-refractivity contribution in [3.63, 3.8) is 0 Å². The van der Waals surface area contributed by atoms with E-state index in [1.54, 1.807) is 0 Å². The molecule has 1 heterocycles. The van der Waals surface area contributed by atoms with Gasteiger partial charge in [-0.15, -0.1) is 0 Å². The molecule has 0 atom stereocenters. The van der Waals surface area contributed by atoms with Crippen LogP contribution in [0, 0.1) is 0 Å². The number of rotatable bonds is 6. The number of nitrogens with zero attached hydrogens (tertiary/aromatic N) is 2. The quantitative estimate of drug-likeness (QED) is 0.720. The Hall–Kier alpha value is -0.650. The molecule has 0 aromatic heterocycles. The highest BCUT2D eigenvalue weighted by molar-refractivity contribution is 5.70. The summed E-state index contributed by atoms with van der Waals surface area (Å²) in [7, 11) is 0. The minimum Gasteiger partial charge on any atom is -0.460 e. The zero-order valence-corrected chi connectivity index (χ0v) is 12.7. The van der Waals surface area contributed by atoms with Crippen LogP contribution in [-0.4, -0.2) is 67.2 Å². The largest absolute Gasteiger partial charge is 0.460 e. The number of hydrogen-bond acceptors (Lipinski definition) is 5. The number of piperazine rings is 1. The number of esters is 1. The Balaban J connectivity index is 2.14. The van der Waals surface area contributed by atoms with Crippen molar-refractivity contribution in [1.29, 1.82) is 0 Å². The highest BCUT2D eigenvalue weighted by atomic mass is 16.6. The topological polar surface area (TPSA) is 58.8 Å². The van der Waals surface area contributed by atoms with Gasteiger partial charge in [0.05, 0.1) is 6.42 Å². The molecule has 0 aromatic carbocycles. The van der Waals surface area contributed by atoms with Crippen LogP contribution >= 0.6 is 0 Å². The molecule has 19 heavy (non-hydrogen) atoms. The first-order valence-electron chi connectivity index (χ1n) is 7.27. The van der Waals surface area contributed by atoms with Gasteiger partial charge in [0.25, 0.3) is 0 Å². The SMILES string of the molecule is CC(C)(C)OC(=O)CCN1CCN(CCCN)CC1. The summed E-state index contributed by atoms with van der Waals surface area (Å²) in [5, 5.41) is 0. The molecular formula is C14H29N3O2. The fourth-order valence-electron chi connectivity index (χ4n) is 2.19. The Morgan fingerprint density at radius 1 is 1.11 bits per heavy atom. The predicted octanol–water partition coefficient (Wildman–Crippen LogP) is 0.685. The summed E-state index contributed by atoms with van der Waals surface area (Å²) in [6.45, 7) is 12.6. The monoisotopic (exact) mass is 271 g/mol. The van der Waals surface area contributed by atoms with Gasteiger partial charge in [-0.1, -0.05) is 0 Å². The Morgan fingerprint density at radius 2 is 1.63 bits per heavy atom. The third kappa shape index (κ3) is 7.50. The second kappa shape index (κ2) is 7.82. The van der Waals surface area contributed by atoms with E-state index in [1.165, 1.54) is 0 Å². The molecule has 112 valence electrons. The van der Waals surface area contributed by atoms with E-state index in [2.05, 4.69) is 9.80 Å². The van der Waals surface area contributed by atoms with Crippen LogP contribution in [0.5, 0.6) is 0 Å². The van der Waals surface area contributed by atoms with Gasteiger partial charge in [0, 0.05) is 32.7 Å². The lowest BCUT2D eigenvalue weighted by Crippen LogP contribution is -2.47. The summed E-state index contributed by atoms with van der Waals surface area (Å²) >= 11 is 0. The zero-order chi connectivity index (χ0) is 14.3. The van der Waals surface area contributed by atoms with Gasteiger partial charge in [-0.3, -0.25) is 4.79 Å². The molecule has 2 N–H and O–H groups in total. The van der Waals surface area contributed by atoms with Crippen molar-refractivity contribution in [3.05, 3.63) is 0 Å². The van der Waals surface area contributed by atoms with E-state index in [1.807, 2.05) is 20.8 Å². The summed E-state index contributed by atoms with van der Waals surface area (Å²) in [5.74, 6) is -0.0990. The molecule has 1 aliphatic heterocycles. The molecule has 0 aliphatic carbocycles. The van der Waals surface area contributed by atoms with Gasteiger partial charge in [-0.05, 0) is 40.3 Å². The van der Waals surface area contributed by atoms with Crippen LogP contribution in [0.2, 0.25) is 0 Å². The Morgan fingerprint density at radius 3 is 2.11 bits per heavy atom. The molecule has 0 saturated carbocycles. The van der Waals surface area contributed by atoms with Gasteiger partial charge in [-0.2, -0.15) is 0 Å². The Labute approximate surface area is 117 Å². The van der Waals surface area contributed by atoms with Crippen molar-refractivity contribution in [3.8, 4) is 0 Å². The molecule has 1 aliphatic rings. The molecule has 0 radical (unpaired) electrons. The summed E-state index contributed by atoms with van der Waals surface area (Å²) in [5.41, 5.74) is 5.14. The van der Waals surface area contributed by atoms with E-state index in [-0.39, 0.29) is 11.6 Å². The van der Waals surface area contributed by atoms with Gasteiger partial charge < -0.3 is 20.3 Å². The van der Waals surface area contributed by atoms with Gasteiger partial charge in [0.15, 0.2) is 0 Å². The van der Waals surface area contributed by atoms with Crippen molar-refractivity contribution < 1.29 is 9.53 Å². The minimum atomic E-state index is -0.377. The zero-order valence-electron chi connectivity index (χ0n) is 12.7. The second-order valence-electron chi connectivity index (χ2n) is 6.16. The Kier molecular flexibility index (Phi) is 6.75. The number of carbonyl (C=O) groups is 1. The van der Waals surface area contributed by atoms with E-state index < -0.39 is 0 Å². The second-order valence-corrected chi connectivity index (χ2v) is 6.16. The normalized spacial score (nSPS) is 18.5. The Bertz CT molecular complexity index is 268. The summed E-state index contributed by atoms with van der Waals surface area (Å²) in [6, 6.07) is 0. The van der Waals surface area contributed by atoms with E-state index in [4.69, 9.17) is 10.5 Å². The molecule has 0 unspecified atom stereocenters. The predicted molar refractivity (Wildman–Crippen MR) is 77.0 cm³/mol. The average Bonchev–Trinajstić information content (AvgIpc) is 2.33. The van der Waals surface area contributed by atoms with E-state index in [9.17, 15) is 4.79 Å². The van der Waals surface area contributed by atoms with Crippen molar-refractivity contribution >= 4 is 5.97 Å². The third-order valence-electron chi connectivity index (χ3n) is 3.20. The van der Waals surface area contributed by atoms with Crippen LogP contribution in [-0.2, 0) is 9.53 Å². The molecular weight excluding hydrogens is 242 g/mol. The summed E-state index contributed by atoms with van der Waals surface area (Å²) < 4.78 is 5.31. The fraction of sp³-hybridized carbons (Fsp3) is 0.929. The van der Waals surface area contributed by atoms with Crippen LogP contribution < -0.4 is 5.73 Å². The lowest BCUT2D eigenvalue weighted by molar-refractivity contribution is -0.155. The average molecular weight is 271 g/mol. The van der Waals surface area contributed by atoms with Crippen LogP contribution in [0.3, 0.4) is 0 Å². The van der Waals surface area contributed by atoms with Crippen LogP contribution in [0.25, 0.3) is 0 Å². The molecule has 5 nitrogen and oxygen atoms in total. The standard InChI is InChI=1S/C14H29N3O2/c1-14(2,3)19-13(18)5-8-17-11-9-16(10-12-17)7-4-6-15/h4-12,15H2,1-3H3. The lowest BCUT2D eigenvalue weighted by Gasteiger charge is -2.34. The van der Waals surface area contributed by atoms with Crippen LogP contribution in [0.4, 0.5) is 0 Å². The fourth-order valence-corrected chi connectivity index (χ4v) is 2.19. The molecule has 0 aromatic rings. The molecule has 1 saturated heterocycles. The van der Waals surface area contributed by atoms with Crippen molar-refractivity contribution in [1.82, 2.24) is 9.80 Å². The molecule has 5 heteroatoms. The van der Waals surface area contributed by atoms with Gasteiger partial charge in [-0.25, -0.2) is 0 Å². The van der Waals surface area contributed by atoms with Gasteiger partial charge in [0.2, 0.25) is 0 Å². The molecule has 0 amide bonds. The van der Waals surface area contributed by atoms with Crippen LogP contribution in [0.1, 0.15) is 33.6 Å². The van der Waals surface area contributed by atoms with E-state index >= 15 is 0 Å². The number of ether oxygens (including phenoxy) is 1.